The van der Waals surface area contributed by atoms with Crippen LogP contribution < -0.4 is 5.32 Å². The van der Waals surface area contributed by atoms with E-state index in [9.17, 15) is 4.79 Å². The van der Waals surface area contributed by atoms with Crippen molar-refractivity contribution in [3.05, 3.63) is 12.3 Å². The first-order valence-electron chi connectivity index (χ1n) is 6.28. The van der Waals surface area contributed by atoms with Crippen LogP contribution in [0.5, 0.6) is 0 Å². The minimum atomic E-state index is 0.250. The summed E-state index contributed by atoms with van der Waals surface area (Å²) in [6.07, 6.45) is 12.9. The van der Waals surface area contributed by atoms with Gasteiger partial charge in [0.25, 0.3) is 0 Å². The van der Waals surface area contributed by atoms with Crippen molar-refractivity contribution in [3.63, 3.8) is 0 Å². The maximum atomic E-state index is 11.3. The van der Waals surface area contributed by atoms with Crippen LogP contribution in [-0.2, 0) is 4.79 Å². The molecular formula is C13H23NO. The predicted octanol–water partition coefficient (Wildman–Crippen LogP) is 3.18. The zero-order valence-corrected chi connectivity index (χ0v) is 9.80. The number of nitrogens with one attached hydrogen (secondary N) is 1. The Morgan fingerprint density at radius 3 is 2.73 bits per heavy atom. The Bertz CT molecular complexity index is 205. The first kappa shape index (κ1) is 12.3. The molecule has 0 bridgehead atoms. The molecule has 0 heterocycles. The second-order valence-corrected chi connectivity index (χ2v) is 4.40. The van der Waals surface area contributed by atoms with Crippen LogP contribution in [0.25, 0.3) is 0 Å². The quantitative estimate of drug-likeness (QED) is 0.681. The van der Waals surface area contributed by atoms with Crippen LogP contribution in [0, 0.1) is 0 Å². The van der Waals surface area contributed by atoms with Crippen molar-refractivity contribution < 1.29 is 4.79 Å². The van der Waals surface area contributed by atoms with Crippen molar-refractivity contribution in [2.24, 2.45) is 0 Å². The van der Waals surface area contributed by atoms with E-state index in [2.05, 4.69) is 12.2 Å². The number of hydrogen-bond donors (Lipinski definition) is 1. The van der Waals surface area contributed by atoms with Crippen molar-refractivity contribution in [3.8, 4) is 0 Å². The van der Waals surface area contributed by atoms with Crippen molar-refractivity contribution in [2.45, 2.75) is 64.3 Å². The molecule has 0 atom stereocenters. The Kier molecular flexibility index (Phi) is 6.14. The number of rotatable bonds is 6. The number of ketones is 1. The molecule has 0 aromatic carbocycles. The largest absolute Gasteiger partial charge is 0.388 e. The monoisotopic (exact) mass is 209 g/mol. The van der Waals surface area contributed by atoms with E-state index in [1.54, 1.807) is 6.08 Å². The van der Waals surface area contributed by atoms with Crippen LogP contribution in [0.15, 0.2) is 12.3 Å². The molecule has 0 radical (unpaired) electrons. The Labute approximate surface area is 93.1 Å². The highest BCUT2D eigenvalue weighted by molar-refractivity contribution is 5.89. The van der Waals surface area contributed by atoms with Gasteiger partial charge in [-0.2, -0.15) is 0 Å². The molecule has 1 aliphatic carbocycles. The summed E-state index contributed by atoms with van der Waals surface area (Å²) in [4.78, 5) is 11.3. The van der Waals surface area contributed by atoms with Crippen LogP contribution in [0.1, 0.15) is 58.3 Å². The van der Waals surface area contributed by atoms with Crippen molar-refractivity contribution >= 4 is 5.78 Å². The van der Waals surface area contributed by atoms with Crippen LogP contribution >= 0.6 is 0 Å². The fourth-order valence-electron chi connectivity index (χ4n) is 1.98. The topological polar surface area (TPSA) is 29.1 Å². The Morgan fingerprint density at radius 2 is 2.07 bits per heavy atom. The summed E-state index contributed by atoms with van der Waals surface area (Å²) in [6.45, 7) is 2.11. The van der Waals surface area contributed by atoms with Crippen LogP contribution in [0.2, 0.25) is 0 Å². The summed E-state index contributed by atoms with van der Waals surface area (Å²) in [5, 5.41) is 3.33. The van der Waals surface area contributed by atoms with E-state index >= 15 is 0 Å². The van der Waals surface area contributed by atoms with Gasteiger partial charge in [-0.15, -0.1) is 0 Å². The fourth-order valence-corrected chi connectivity index (χ4v) is 1.98. The van der Waals surface area contributed by atoms with Crippen molar-refractivity contribution in [2.75, 3.05) is 0 Å². The lowest BCUT2D eigenvalue weighted by Gasteiger charge is -2.21. The highest BCUT2D eigenvalue weighted by Gasteiger charge is 2.10. The van der Waals surface area contributed by atoms with Crippen molar-refractivity contribution in [1.29, 1.82) is 0 Å². The Hall–Kier alpha value is -0.790. The number of allylic oxidation sites excluding steroid dienone is 1. The standard InChI is InChI=1S/C13H23NO/c1-2-3-9-13(15)10-11-14-12-7-5-4-6-8-12/h10-12,14H,2-9H2,1H3/b11-10-. The third-order valence-electron chi connectivity index (χ3n) is 2.98. The second kappa shape index (κ2) is 7.49. The van der Waals surface area contributed by atoms with Gasteiger partial charge in [0.05, 0.1) is 0 Å². The lowest BCUT2D eigenvalue weighted by atomic mass is 9.96. The van der Waals surface area contributed by atoms with Crippen LogP contribution in [-0.4, -0.2) is 11.8 Å². The third-order valence-corrected chi connectivity index (χ3v) is 2.98. The number of carbonyl (C=O) groups excluding carboxylic acids is 1. The molecular weight excluding hydrogens is 186 g/mol. The van der Waals surface area contributed by atoms with Gasteiger partial charge in [0.1, 0.15) is 0 Å². The first-order valence-corrected chi connectivity index (χ1v) is 6.28. The molecule has 15 heavy (non-hydrogen) atoms. The molecule has 86 valence electrons. The van der Waals surface area contributed by atoms with E-state index in [1.165, 1.54) is 32.1 Å². The van der Waals surface area contributed by atoms with Gasteiger partial charge < -0.3 is 5.32 Å². The number of hydrogen-bond acceptors (Lipinski definition) is 2. The molecule has 0 spiro atoms. The molecule has 1 rings (SSSR count). The summed E-state index contributed by atoms with van der Waals surface area (Å²) in [5.74, 6) is 0.250. The average molecular weight is 209 g/mol. The summed E-state index contributed by atoms with van der Waals surface area (Å²) < 4.78 is 0. The van der Waals surface area contributed by atoms with E-state index in [0.29, 0.717) is 12.5 Å². The predicted molar refractivity (Wildman–Crippen MR) is 63.7 cm³/mol. The number of unbranched alkanes of at least 4 members (excludes halogenated alkanes) is 1. The number of carbonyl (C=O) groups is 1. The lowest BCUT2D eigenvalue weighted by molar-refractivity contribution is -0.114. The highest BCUT2D eigenvalue weighted by atomic mass is 16.1. The molecule has 1 aliphatic rings. The normalized spacial score (nSPS) is 18.2. The van der Waals surface area contributed by atoms with Gasteiger partial charge >= 0.3 is 0 Å². The molecule has 0 amide bonds. The molecule has 0 saturated heterocycles. The second-order valence-electron chi connectivity index (χ2n) is 4.40. The molecule has 2 heteroatoms. The van der Waals surface area contributed by atoms with Crippen LogP contribution in [0.4, 0.5) is 0 Å². The first-order chi connectivity index (χ1) is 7.33. The maximum Gasteiger partial charge on any atom is 0.157 e. The van der Waals surface area contributed by atoms with Crippen molar-refractivity contribution in [1.82, 2.24) is 5.32 Å². The molecule has 0 aromatic rings. The van der Waals surface area contributed by atoms with Gasteiger partial charge in [-0.3, -0.25) is 4.79 Å². The van der Waals surface area contributed by atoms with Gasteiger partial charge in [0, 0.05) is 18.7 Å². The minimum Gasteiger partial charge on any atom is -0.388 e. The molecule has 0 unspecified atom stereocenters. The van der Waals surface area contributed by atoms with E-state index in [-0.39, 0.29) is 5.78 Å². The van der Waals surface area contributed by atoms with Gasteiger partial charge in [0.2, 0.25) is 0 Å². The van der Waals surface area contributed by atoms with Gasteiger partial charge in [-0.25, -0.2) is 0 Å². The maximum absolute atomic E-state index is 11.3. The van der Waals surface area contributed by atoms with E-state index < -0.39 is 0 Å². The molecule has 1 fully saturated rings. The smallest absolute Gasteiger partial charge is 0.157 e. The summed E-state index contributed by atoms with van der Waals surface area (Å²) >= 11 is 0. The Balaban J connectivity index is 2.11. The SMILES string of the molecule is CCCCC(=O)/C=C\NC1CCCCC1. The molecule has 0 aliphatic heterocycles. The summed E-state index contributed by atoms with van der Waals surface area (Å²) in [7, 11) is 0. The third kappa shape index (κ3) is 5.60. The summed E-state index contributed by atoms with van der Waals surface area (Å²) in [5.41, 5.74) is 0. The molecule has 1 saturated carbocycles. The minimum absolute atomic E-state index is 0.250. The van der Waals surface area contributed by atoms with Gasteiger partial charge in [-0.1, -0.05) is 32.6 Å². The zero-order chi connectivity index (χ0) is 10.9. The van der Waals surface area contributed by atoms with E-state index in [4.69, 9.17) is 0 Å². The highest BCUT2D eigenvalue weighted by Crippen LogP contribution is 2.17. The Morgan fingerprint density at radius 1 is 1.33 bits per heavy atom. The lowest BCUT2D eigenvalue weighted by Crippen LogP contribution is -2.26. The van der Waals surface area contributed by atoms with E-state index in [1.807, 2.05) is 6.20 Å². The molecule has 1 N–H and O–H groups in total. The van der Waals surface area contributed by atoms with Crippen LogP contribution in [0.3, 0.4) is 0 Å². The summed E-state index contributed by atoms with van der Waals surface area (Å²) in [6, 6.07) is 0.606. The molecule has 2 nitrogen and oxygen atoms in total. The average Bonchev–Trinajstić information content (AvgIpc) is 2.28. The van der Waals surface area contributed by atoms with E-state index in [0.717, 1.165) is 12.8 Å². The van der Waals surface area contributed by atoms with Gasteiger partial charge in [-0.05, 0) is 25.3 Å². The molecule has 0 aromatic heterocycles. The zero-order valence-electron chi connectivity index (χ0n) is 9.80. The fraction of sp³-hybridized carbons (Fsp3) is 0.769. The van der Waals surface area contributed by atoms with Gasteiger partial charge in [0.15, 0.2) is 5.78 Å².